The molecule has 15 heteroatoms. The van der Waals surface area contributed by atoms with E-state index >= 15 is 0 Å². The van der Waals surface area contributed by atoms with Gasteiger partial charge in [0.15, 0.2) is 0 Å². The predicted molar refractivity (Wildman–Crippen MR) is 184 cm³/mol. The summed E-state index contributed by atoms with van der Waals surface area (Å²) in [6, 6.07) is 13.7. The maximum atomic E-state index is 13.2. The van der Waals surface area contributed by atoms with Crippen LogP contribution in [0.3, 0.4) is 0 Å². The van der Waals surface area contributed by atoms with Crippen LogP contribution < -0.4 is 32.3 Å². The Hall–Kier alpha value is -6.51. The topological polar surface area (TPSA) is 184 Å². The Bertz CT molecular complexity index is 1890. The molecular weight excluding hydrogens is 655 g/mol. The fourth-order valence-corrected chi connectivity index (χ4v) is 4.25. The van der Waals surface area contributed by atoms with Gasteiger partial charge in [-0.2, -0.15) is 13.2 Å². The lowest BCUT2D eigenvalue weighted by Gasteiger charge is -2.16. The zero-order valence-corrected chi connectivity index (χ0v) is 27.0. The van der Waals surface area contributed by atoms with Gasteiger partial charge in [0.05, 0.1) is 23.9 Å². The van der Waals surface area contributed by atoms with Crippen molar-refractivity contribution in [3.8, 4) is 0 Å². The van der Waals surface area contributed by atoms with Gasteiger partial charge in [0.1, 0.15) is 11.9 Å². The molecule has 0 radical (unpaired) electrons. The number of nitrogens with zero attached hydrogens (tertiary/aromatic N) is 1. The Morgan fingerprint density at radius 3 is 2.20 bits per heavy atom. The van der Waals surface area contributed by atoms with Crippen LogP contribution in [0.5, 0.6) is 0 Å². The summed E-state index contributed by atoms with van der Waals surface area (Å²) in [5.74, 6) is -3.30. The number of allylic oxidation sites excluding steroid dienone is 2. The number of rotatable bonds is 14. The van der Waals surface area contributed by atoms with Gasteiger partial charge in [-0.25, -0.2) is 4.99 Å². The Morgan fingerprint density at radius 2 is 1.56 bits per heavy atom. The van der Waals surface area contributed by atoms with E-state index in [1.807, 2.05) is 0 Å². The number of benzene rings is 3. The molecule has 0 spiro atoms. The second-order valence-corrected chi connectivity index (χ2v) is 10.6. The van der Waals surface area contributed by atoms with E-state index in [0.717, 1.165) is 24.3 Å². The van der Waals surface area contributed by atoms with Crippen molar-refractivity contribution >= 4 is 52.8 Å². The normalized spacial score (nSPS) is 12.0. The minimum Gasteiger partial charge on any atom is -0.370 e. The number of nitrogens with two attached hydrogens (primary N) is 1. The Kier molecular flexibility index (Phi) is 12.9. The van der Waals surface area contributed by atoms with Crippen molar-refractivity contribution in [1.82, 2.24) is 10.6 Å². The summed E-state index contributed by atoms with van der Waals surface area (Å²) in [5.41, 5.74) is 6.07. The number of alkyl halides is 3. The predicted octanol–water partition coefficient (Wildman–Crippen LogP) is 5.04. The third-order valence-corrected chi connectivity index (χ3v) is 6.76. The molecule has 0 saturated heterocycles. The Morgan fingerprint density at radius 1 is 0.900 bits per heavy atom. The second-order valence-electron chi connectivity index (χ2n) is 10.6. The molecule has 50 heavy (non-hydrogen) atoms. The van der Waals surface area contributed by atoms with Crippen LogP contribution in [0.4, 0.5) is 30.2 Å². The highest BCUT2D eigenvalue weighted by Crippen LogP contribution is 2.30. The molecule has 1 unspecified atom stereocenters. The first kappa shape index (κ1) is 37.9. The number of primary amides is 1. The molecule has 0 fully saturated rings. The monoisotopic (exact) mass is 689 g/mol. The molecule has 0 aromatic heterocycles. The van der Waals surface area contributed by atoms with Gasteiger partial charge in [-0.05, 0) is 74.0 Å². The number of halogens is 3. The van der Waals surface area contributed by atoms with Gasteiger partial charge in [0, 0.05) is 28.2 Å². The maximum absolute atomic E-state index is 13.2. The first-order valence-corrected chi connectivity index (χ1v) is 14.8. The number of carbonyl (C=O) groups excluding carboxylic acids is 5. The van der Waals surface area contributed by atoms with E-state index in [4.69, 9.17) is 5.73 Å². The van der Waals surface area contributed by atoms with Crippen molar-refractivity contribution < 1.29 is 37.1 Å². The van der Waals surface area contributed by atoms with Gasteiger partial charge in [-0.1, -0.05) is 37.4 Å². The van der Waals surface area contributed by atoms with Crippen LogP contribution >= 0.6 is 0 Å². The van der Waals surface area contributed by atoms with Gasteiger partial charge < -0.3 is 32.3 Å². The molecule has 5 amide bonds. The Balaban J connectivity index is 1.64. The maximum Gasteiger partial charge on any atom is 0.416 e. The molecular formula is C35H34F3N7O5. The zero-order valence-electron chi connectivity index (χ0n) is 27.0. The zero-order chi connectivity index (χ0) is 37.0. The van der Waals surface area contributed by atoms with E-state index in [1.165, 1.54) is 24.4 Å². The summed E-state index contributed by atoms with van der Waals surface area (Å²) in [6.45, 7) is 10.5. The van der Waals surface area contributed by atoms with Crippen LogP contribution in [-0.4, -0.2) is 41.8 Å². The summed E-state index contributed by atoms with van der Waals surface area (Å²) in [5, 5.41) is 13.1. The number of hydrogen-bond acceptors (Lipinski definition) is 7. The highest BCUT2D eigenvalue weighted by molar-refractivity contribution is 6.06. The summed E-state index contributed by atoms with van der Waals surface area (Å²) < 4.78 is 39.3. The van der Waals surface area contributed by atoms with Crippen molar-refractivity contribution in [2.24, 2.45) is 10.7 Å². The van der Waals surface area contributed by atoms with Crippen LogP contribution in [0.15, 0.2) is 109 Å². The number of hydrogen-bond donors (Lipinski definition) is 6. The molecule has 0 heterocycles. The van der Waals surface area contributed by atoms with Crippen molar-refractivity contribution in [3.05, 3.63) is 126 Å². The standard InChI is InChI=1S/C35H34F3N7O5/c1-5-24(19-40-21(4)41-25-11-8-12-26(16-25)44-34(50)29(18-30(39)46)45-31(47)6-2)42-33(49)28-17-27(14-13-20(28)3)43-32(48)22-9-7-10-23(15-22)35(36,37)38/h5-17,19,29,41H,2,4,18H2,1,3H3,(H2,39,46)(H,42,49)(H,43,48)(H,44,50)(H,45,47)/b24-5+,40-19-. The fourth-order valence-electron chi connectivity index (χ4n) is 4.25. The minimum atomic E-state index is -4.61. The Labute approximate surface area is 285 Å². The van der Waals surface area contributed by atoms with Crippen molar-refractivity contribution in [3.63, 3.8) is 0 Å². The first-order valence-electron chi connectivity index (χ1n) is 14.8. The van der Waals surface area contributed by atoms with Gasteiger partial charge in [0.25, 0.3) is 11.8 Å². The molecule has 3 rings (SSSR count). The third-order valence-electron chi connectivity index (χ3n) is 6.76. The minimum absolute atomic E-state index is 0.155. The lowest BCUT2D eigenvalue weighted by Crippen LogP contribution is -2.45. The van der Waals surface area contributed by atoms with Crippen LogP contribution in [0.1, 0.15) is 45.2 Å². The summed E-state index contributed by atoms with van der Waals surface area (Å²) >= 11 is 0. The third kappa shape index (κ3) is 11.3. The molecule has 0 aliphatic heterocycles. The quantitative estimate of drug-likeness (QED) is 0.102. The highest BCUT2D eigenvalue weighted by atomic mass is 19.4. The van der Waals surface area contributed by atoms with Crippen LogP contribution in [0.2, 0.25) is 0 Å². The smallest absolute Gasteiger partial charge is 0.370 e. The molecule has 3 aromatic carbocycles. The largest absolute Gasteiger partial charge is 0.416 e. The van der Waals surface area contributed by atoms with Gasteiger partial charge in [-0.15, -0.1) is 0 Å². The molecule has 12 nitrogen and oxygen atoms in total. The van der Waals surface area contributed by atoms with Crippen LogP contribution in [-0.2, 0) is 20.6 Å². The number of carbonyl (C=O) groups is 5. The van der Waals surface area contributed by atoms with E-state index in [1.54, 1.807) is 50.3 Å². The average Bonchev–Trinajstić information content (AvgIpc) is 3.06. The number of aliphatic imine (C=N–C) groups is 1. The van der Waals surface area contributed by atoms with Crippen LogP contribution in [0.25, 0.3) is 0 Å². The summed E-state index contributed by atoms with van der Waals surface area (Å²) in [7, 11) is 0. The number of aryl methyl sites for hydroxylation is 1. The summed E-state index contributed by atoms with van der Waals surface area (Å²) in [4.78, 5) is 65.8. The van der Waals surface area contributed by atoms with E-state index in [0.29, 0.717) is 22.6 Å². The first-order chi connectivity index (χ1) is 23.6. The van der Waals surface area contributed by atoms with E-state index in [9.17, 15) is 37.1 Å². The molecule has 260 valence electrons. The molecule has 0 aliphatic carbocycles. The number of anilines is 3. The summed E-state index contributed by atoms with van der Waals surface area (Å²) in [6.07, 6.45) is -1.17. The molecule has 0 saturated carbocycles. The van der Waals surface area contributed by atoms with Crippen LogP contribution in [0, 0.1) is 6.92 Å². The average molecular weight is 690 g/mol. The number of nitrogens with one attached hydrogen (secondary N) is 5. The SMILES string of the molecule is C=CC(=O)NC(CC(N)=O)C(=O)Nc1cccc(NC(=C)/N=C\C(=C/C)NC(=O)c2cc(NC(=O)c3cccc(C(F)(F)F)c3)ccc2C)c1. The number of amides is 5. The van der Waals surface area contributed by atoms with E-state index in [-0.39, 0.29) is 22.6 Å². The van der Waals surface area contributed by atoms with E-state index in [2.05, 4.69) is 44.7 Å². The molecule has 7 N–H and O–H groups in total. The lowest BCUT2D eigenvalue weighted by molar-refractivity contribution is -0.137. The highest BCUT2D eigenvalue weighted by Gasteiger charge is 2.31. The molecule has 3 aromatic rings. The molecule has 0 aliphatic rings. The van der Waals surface area contributed by atoms with Gasteiger partial charge in [-0.3, -0.25) is 24.0 Å². The fraction of sp³-hybridized carbons (Fsp3) is 0.143. The lowest BCUT2D eigenvalue weighted by atomic mass is 10.1. The van der Waals surface area contributed by atoms with Crippen molar-refractivity contribution in [2.75, 3.05) is 16.0 Å². The molecule has 1 atom stereocenters. The van der Waals surface area contributed by atoms with E-state index < -0.39 is 53.7 Å². The van der Waals surface area contributed by atoms with Crippen molar-refractivity contribution in [2.45, 2.75) is 32.5 Å². The van der Waals surface area contributed by atoms with Crippen molar-refractivity contribution in [1.29, 1.82) is 0 Å². The second kappa shape index (κ2) is 17.1. The van der Waals surface area contributed by atoms with Gasteiger partial charge in [0.2, 0.25) is 17.7 Å². The molecule has 0 bridgehead atoms. The van der Waals surface area contributed by atoms with Gasteiger partial charge >= 0.3 is 6.18 Å².